The van der Waals surface area contributed by atoms with E-state index in [4.69, 9.17) is 11.6 Å². The summed E-state index contributed by atoms with van der Waals surface area (Å²) in [4.78, 5) is 0. The maximum absolute atomic E-state index is 5.95. The first-order chi connectivity index (χ1) is 7.13. The molecule has 1 N–H and O–H groups in total. The number of benzene rings is 1. The molecule has 1 aromatic carbocycles. The van der Waals surface area contributed by atoms with E-state index in [0.717, 1.165) is 17.5 Å². The second-order valence-corrected chi connectivity index (χ2v) is 4.63. The van der Waals surface area contributed by atoms with Gasteiger partial charge in [-0.2, -0.15) is 0 Å². The molecule has 0 aromatic heterocycles. The van der Waals surface area contributed by atoms with Crippen molar-refractivity contribution in [3.63, 3.8) is 0 Å². The van der Waals surface area contributed by atoms with Gasteiger partial charge < -0.3 is 5.32 Å². The van der Waals surface area contributed by atoms with Gasteiger partial charge in [-0.05, 0) is 37.1 Å². The quantitative estimate of drug-likeness (QED) is 0.798. The van der Waals surface area contributed by atoms with Gasteiger partial charge in [-0.25, -0.2) is 0 Å². The molecule has 0 fully saturated rings. The van der Waals surface area contributed by atoms with Crippen molar-refractivity contribution in [2.45, 2.75) is 33.2 Å². The Morgan fingerprint density at radius 2 is 2.07 bits per heavy atom. The van der Waals surface area contributed by atoms with Crippen molar-refractivity contribution in [2.75, 3.05) is 6.54 Å². The summed E-state index contributed by atoms with van der Waals surface area (Å²) >= 11 is 5.95. The molecule has 1 aromatic rings. The van der Waals surface area contributed by atoms with Crippen LogP contribution in [-0.2, 0) is 0 Å². The summed E-state index contributed by atoms with van der Waals surface area (Å²) < 4.78 is 0. The third-order valence-corrected chi connectivity index (χ3v) is 3.05. The first kappa shape index (κ1) is 12.5. The molecule has 0 radical (unpaired) electrons. The lowest BCUT2D eigenvalue weighted by atomic mass is 10.1. The predicted octanol–water partition coefficient (Wildman–Crippen LogP) is 4.04. The fraction of sp³-hybridized carbons (Fsp3) is 0.538. The van der Waals surface area contributed by atoms with Crippen molar-refractivity contribution in [3.8, 4) is 0 Å². The van der Waals surface area contributed by atoms with Crippen LogP contribution in [0.3, 0.4) is 0 Å². The number of hydrogen-bond acceptors (Lipinski definition) is 1. The van der Waals surface area contributed by atoms with E-state index in [2.05, 4.69) is 32.2 Å². The standard InChI is InChI=1S/C13H20ClN/c1-4-10(2)9-15-11(3)12-6-5-7-13(14)8-12/h5-8,10-11,15H,4,9H2,1-3H3. The average molecular weight is 226 g/mol. The molecular weight excluding hydrogens is 206 g/mol. The van der Waals surface area contributed by atoms with E-state index < -0.39 is 0 Å². The van der Waals surface area contributed by atoms with Crippen LogP contribution in [0.4, 0.5) is 0 Å². The molecule has 0 bridgehead atoms. The minimum absolute atomic E-state index is 0.373. The molecule has 2 heteroatoms. The SMILES string of the molecule is CCC(C)CNC(C)c1cccc(Cl)c1. The van der Waals surface area contributed by atoms with Crippen molar-refractivity contribution in [1.29, 1.82) is 0 Å². The van der Waals surface area contributed by atoms with Gasteiger partial charge in [0.25, 0.3) is 0 Å². The first-order valence-electron chi connectivity index (χ1n) is 5.62. The first-order valence-corrected chi connectivity index (χ1v) is 6.00. The Labute approximate surface area is 97.8 Å². The molecule has 1 nitrogen and oxygen atoms in total. The van der Waals surface area contributed by atoms with Gasteiger partial charge in [-0.3, -0.25) is 0 Å². The van der Waals surface area contributed by atoms with Gasteiger partial charge in [0.15, 0.2) is 0 Å². The number of hydrogen-bond donors (Lipinski definition) is 1. The minimum Gasteiger partial charge on any atom is -0.310 e. The van der Waals surface area contributed by atoms with E-state index >= 15 is 0 Å². The van der Waals surface area contributed by atoms with Crippen LogP contribution in [0.2, 0.25) is 5.02 Å². The lowest BCUT2D eigenvalue weighted by molar-refractivity contribution is 0.461. The largest absolute Gasteiger partial charge is 0.310 e. The van der Waals surface area contributed by atoms with Gasteiger partial charge in [0.1, 0.15) is 0 Å². The molecule has 0 aliphatic carbocycles. The van der Waals surface area contributed by atoms with Crippen LogP contribution < -0.4 is 5.32 Å². The molecule has 0 heterocycles. The molecule has 2 unspecified atom stereocenters. The van der Waals surface area contributed by atoms with E-state index in [-0.39, 0.29) is 0 Å². The van der Waals surface area contributed by atoms with Gasteiger partial charge in [0.2, 0.25) is 0 Å². The van der Waals surface area contributed by atoms with Crippen LogP contribution in [0.5, 0.6) is 0 Å². The summed E-state index contributed by atoms with van der Waals surface area (Å²) in [7, 11) is 0. The molecule has 0 amide bonds. The van der Waals surface area contributed by atoms with Crippen LogP contribution in [-0.4, -0.2) is 6.54 Å². The van der Waals surface area contributed by atoms with Crippen molar-refractivity contribution in [3.05, 3.63) is 34.9 Å². The van der Waals surface area contributed by atoms with Crippen LogP contribution in [0.25, 0.3) is 0 Å². The fourth-order valence-electron chi connectivity index (χ4n) is 1.42. The zero-order chi connectivity index (χ0) is 11.3. The highest BCUT2D eigenvalue weighted by Gasteiger charge is 2.06. The Balaban J connectivity index is 2.50. The zero-order valence-electron chi connectivity index (χ0n) is 9.76. The van der Waals surface area contributed by atoms with Crippen LogP contribution in [0, 0.1) is 5.92 Å². The lowest BCUT2D eigenvalue weighted by Gasteiger charge is -2.17. The highest BCUT2D eigenvalue weighted by atomic mass is 35.5. The Morgan fingerprint density at radius 3 is 2.67 bits per heavy atom. The molecule has 0 aliphatic rings. The predicted molar refractivity (Wildman–Crippen MR) is 67.3 cm³/mol. The summed E-state index contributed by atoms with van der Waals surface area (Å²) in [5, 5.41) is 4.33. The molecular formula is C13H20ClN. The smallest absolute Gasteiger partial charge is 0.0409 e. The monoisotopic (exact) mass is 225 g/mol. The summed E-state index contributed by atoms with van der Waals surface area (Å²) in [5.41, 5.74) is 1.26. The van der Waals surface area contributed by atoms with Crippen LogP contribution in [0.1, 0.15) is 38.8 Å². The molecule has 15 heavy (non-hydrogen) atoms. The van der Waals surface area contributed by atoms with Gasteiger partial charge in [-0.15, -0.1) is 0 Å². The molecule has 0 spiro atoms. The Hall–Kier alpha value is -0.530. The normalized spacial score (nSPS) is 14.9. The molecule has 1 rings (SSSR count). The maximum atomic E-state index is 5.95. The van der Waals surface area contributed by atoms with E-state index in [1.54, 1.807) is 0 Å². The van der Waals surface area contributed by atoms with Crippen molar-refractivity contribution in [1.82, 2.24) is 5.32 Å². The van der Waals surface area contributed by atoms with E-state index in [0.29, 0.717) is 6.04 Å². The molecule has 2 atom stereocenters. The van der Waals surface area contributed by atoms with Gasteiger partial charge in [0, 0.05) is 11.1 Å². The Bertz CT molecular complexity index is 298. The highest BCUT2D eigenvalue weighted by molar-refractivity contribution is 6.30. The van der Waals surface area contributed by atoms with Gasteiger partial charge >= 0.3 is 0 Å². The van der Waals surface area contributed by atoms with E-state index in [9.17, 15) is 0 Å². The molecule has 0 saturated carbocycles. The zero-order valence-corrected chi connectivity index (χ0v) is 10.5. The fourth-order valence-corrected chi connectivity index (χ4v) is 1.61. The highest BCUT2D eigenvalue weighted by Crippen LogP contribution is 2.17. The minimum atomic E-state index is 0.373. The molecule has 0 aliphatic heterocycles. The van der Waals surface area contributed by atoms with Crippen molar-refractivity contribution < 1.29 is 0 Å². The topological polar surface area (TPSA) is 12.0 Å². The summed E-state index contributed by atoms with van der Waals surface area (Å²) in [6.07, 6.45) is 1.22. The van der Waals surface area contributed by atoms with Gasteiger partial charge in [-0.1, -0.05) is 44.0 Å². The van der Waals surface area contributed by atoms with E-state index in [1.807, 2.05) is 18.2 Å². The third-order valence-electron chi connectivity index (χ3n) is 2.82. The Kier molecular flexibility index (Phi) is 5.13. The molecule has 0 saturated heterocycles. The van der Waals surface area contributed by atoms with Crippen LogP contribution >= 0.6 is 11.6 Å². The number of rotatable bonds is 5. The summed E-state index contributed by atoms with van der Waals surface area (Å²) in [5.74, 6) is 0.728. The maximum Gasteiger partial charge on any atom is 0.0409 e. The van der Waals surface area contributed by atoms with E-state index in [1.165, 1.54) is 12.0 Å². The Morgan fingerprint density at radius 1 is 1.33 bits per heavy atom. The van der Waals surface area contributed by atoms with Crippen LogP contribution in [0.15, 0.2) is 24.3 Å². The summed E-state index contributed by atoms with van der Waals surface area (Å²) in [6, 6.07) is 8.42. The summed E-state index contributed by atoms with van der Waals surface area (Å²) in [6.45, 7) is 7.71. The third kappa shape index (κ3) is 4.23. The lowest BCUT2D eigenvalue weighted by Crippen LogP contribution is -2.24. The molecule has 84 valence electrons. The second-order valence-electron chi connectivity index (χ2n) is 4.20. The average Bonchev–Trinajstić information content (AvgIpc) is 2.25. The number of halogens is 1. The van der Waals surface area contributed by atoms with Crippen molar-refractivity contribution >= 4 is 11.6 Å². The number of nitrogens with one attached hydrogen (secondary N) is 1. The van der Waals surface area contributed by atoms with Crippen molar-refractivity contribution in [2.24, 2.45) is 5.92 Å². The van der Waals surface area contributed by atoms with Gasteiger partial charge in [0.05, 0.1) is 0 Å². The second kappa shape index (κ2) is 6.14.